The highest BCUT2D eigenvalue weighted by Crippen LogP contribution is 2.38. The fraction of sp³-hybridized carbons (Fsp3) is 0.0270. The normalized spacial score (nSPS) is 11.5. The van der Waals surface area contributed by atoms with Crippen LogP contribution < -0.4 is 0 Å². The third-order valence-corrected chi connectivity index (χ3v) is 7.42. The lowest BCUT2D eigenvalue weighted by atomic mass is 9.97. The van der Waals surface area contributed by atoms with Gasteiger partial charge >= 0.3 is 0 Å². The maximum absolute atomic E-state index is 5.25. The van der Waals surface area contributed by atoms with Gasteiger partial charge in [-0.1, -0.05) is 110 Å². The molecule has 0 unspecified atom stereocenters. The van der Waals surface area contributed by atoms with Crippen molar-refractivity contribution in [2.45, 2.75) is 6.92 Å². The first kappa shape index (κ1) is 24.6. The molecule has 194 valence electrons. The van der Waals surface area contributed by atoms with E-state index in [1.807, 2.05) is 61.7 Å². The summed E-state index contributed by atoms with van der Waals surface area (Å²) in [5.74, 6) is 0.643. The number of rotatable bonds is 5. The van der Waals surface area contributed by atoms with Crippen molar-refractivity contribution in [2.75, 3.05) is 0 Å². The number of benzene rings is 4. The molecule has 0 radical (unpaired) electrons. The van der Waals surface area contributed by atoms with Gasteiger partial charge in [-0.2, -0.15) is 0 Å². The van der Waals surface area contributed by atoms with Crippen molar-refractivity contribution in [3.05, 3.63) is 133 Å². The zero-order chi connectivity index (χ0) is 27.8. The Balaban J connectivity index is 1.52. The third-order valence-electron chi connectivity index (χ3n) is 7.42. The Morgan fingerprint density at radius 3 is 2.20 bits per heavy atom. The van der Waals surface area contributed by atoms with E-state index in [1.54, 1.807) is 0 Å². The minimum atomic E-state index is 0.643. The molecular weight excluding hydrogens is 500 g/mol. The van der Waals surface area contributed by atoms with Crippen molar-refractivity contribution < 1.29 is 0 Å². The second-order valence-electron chi connectivity index (χ2n) is 9.88. The Labute approximate surface area is 238 Å². The summed E-state index contributed by atoms with van der Waals surface area (Å²) < 4.78 is 0. The van der Waals surface area contributed by atoms with Crippen LogP contribution in [0, 0.1) is 0 Å². The minimum absolute atomic E-state index is 0.643. The molecule has 7 aromatic rings. The molecular formula is C37H26N4. The summed E-state index contributed by atoms with van der Waals surface area (Å²) in [7, 11) is 0. The highest BCUT2D eigenvalue weighted by atomic mass is 14.9. The molecule has 0 aliphatic heterocycles. The molecule has 3 aromatic heterocycles. The lowest BCUT2D eigenvalue weighted by Gasteiger charge is -2.15. The Morgan fingerprint density at radius 2 is 1.39 bits per heavy atom. The molecule has 0 aliphatic carbocycles. The van der Waals surface area contributed by atoms with Gasteiger partial charge in [-0.3, -0.25) is 4.98 Å². The van der Waals surface area contributed by atoms with Gasteiger partial charge in [0.1, 0.15) is 0 Å². The number of allylic oxidation sites excluding steroid dienone is 1. The Bertz CT molecular complexity index is 2110. The zero-order valence-electron chi connectivity index (χ0n) is 22.6. The summed E-state index contributed by atoms with van der Waals surface area (Å²) in [6.07, 6.45) is 7.68. The lowest BCUT2D eigenvalue weighted by Crippen LogP contribution is -2.02. The van der Waals surface area contributed by atoms with E-state index in [1.165, 1.54) is 5.56 Å². The van der Waals surface area contributed by atoms with Crippen LogP contribution in [0.5, 0.6) is 0 Å². The molecule has 41 heavy (non-hydrogen) atoms. The SMILES string of the molecule is C=Cc1c(/C=C\C)nc(-c2c3ccccc3nc3c2ccc2cccnc23)nc1-c1ccc(-c2ccccc2)cc1. The van der Waals surface area contributed by atoms with Crippen LogP contribution in [-0.4, -0.2) is 19.9 Å². The second kappa shape index (κ2) is 10.2. The highest BCUT2D eigenvalue weighted by molar-refractivity contribution is 6.15. The summed E-state index contributed by atoms with van der Waals surface area (Å²) in [4.78, 5) is 20.1. The van der Waals surface area contributed by atoms with Crippen LogP contribution in [0.2, 0.25) is 0 Å². The number of nitrogens with zero attached hydrogens (tertiary/aromatic N) is 4. The second-order valence-corrected chi connectivity index (χ2v) is 9.88. The first-order valence-electron chi connectivity index (χ1n) is 13.6. The Morgan fingerprint density at radius 1 is 0.634 bits per heavy atom. The van der Waals surface area contributed by atoms with Crippen LogP contribution in [0.3, 0.4) is 0 Å². The van der Waals surface area contributed by atoms with Crippen molar-refractivity contribution >= 4 is 44.9 Å². The van der Waals surface area contributed by atoms with Gasteiger partial charge in [0.2, 0.25) is 0 Å². The van der Waals surface area contributed by atoms with Crippen molar-refractivity contribution in [2.24, 2.45) is 0 Å². The first-order chi connectivity index (χ1) is 20.2. The van der Waals surface area contributed by atoms with Crippen molar-refractivity contribution in [3.8, 4) is 33.8 Å². The molecule has 7 rings (SSSR count). The zero-order valence-corrected chi connectivity index (χ0v) is 22.6. The average molecular weight is 527 g/mol. The number of fused-ring (bicyclic) bond motifs is 4. The minimum Gasteiger partial charge on any atom is -0.254 e. The van der Waals surface area contributed by atoms with Crippen LogP contribution in [0.1, 0.15) is 18.2 Å². The molecule has 4 nitrogen and oxygen atoms in total. The molecule has 0 bridgehead atoms. The Hall–Kier alpha value is -5.48. The fourth-order valence-corrected chi connectivity index (χ4v) is 5.49. The van der Waals surface area contributed by atoms with E-state index in [-0.39, 0.29) is 0 Å². The predicted molar refractivity (Wildman–Crippen MR) is 171 cm³/mol. The van der Waals surface area contributed by atoms with E-state index in [2.05, 4.69) is 79.4 Å². The summed E-state index contributed by atoms with van der Waals surface area (Å²) in [6.45, 7) is 6.13. The largest absolute Gasteiger partial charge is 0.254 e. The van der Waals surface area contributed by atoms with Gasteiger partial charge < -0.3 is 0 Å². The number of hydrogen-bond acceptors (Lipinski definition) is 4. The number of para-hydroxylation sites is 1. The van der Waals surface area contributed by atoms with E-state index in [0.717, 1.165) is 66.4 Å². The fourth-order valence-electron chi connectivity index (χ4n) is 5.49. The molecule has 0 fully saturated rings. The van der Waals surface area contributed by atoms with Crippen LogP contribution in [-0.2, 0) is 0 Å². The monoisotopic (exact) mass is 526 g/mol. The summed E-state index contributed by atoms with van der Waals surface area (Å²) in [6, 6.07) is 35.3. The highest BCUT2D eigenvalue weighted by Gasteiger charge is 2.19. The van der Waals surface area contributed by atoms with Crippen molar-refractivity contribution in [3.63, 3.8) is 0 Å². The Kier molecular flexibility index (Phi) is 6.14. The van der Waals surface area contributed by atoms with Crippen LogP contribution >= 0.6 is 0 Å². The number of pyridine rings is 2. The maximum atomic E-state index is 5.25. The van der Waals surface area contributed by atoms with E-state index >= 15 is 0 Å². The molecule has 4 aromatic carbocycles. The summed E-state index contributed by atoms with van der Waals surface area (Å²) >= 11 is 0. The van der Waals surface area contributed by atoms with E-state index in [9.17, 15) is 0 Å². The standard InChI is InChI=1S/C37H26N4/c1-3-11-31-28(4-2)34(27-19-17-25(18-20-27)24-12-6-5-7-13-24)41-37(40-31)33-29-15-8-9-16-32(29)39-36-30(33)22-21-26-14-10-23-38-35(26)36/h3-23H,2H2,1H3/b11-3-. The summed E-state index contributed by atoms with van der Waals surface area (Å²) in [5, 5.41) is 3.02. The van der Waals surface area contributed by atoms with Crippen molar-refractivity contribution in [1.82, 2.24) is 19.9 Å². The smallest absolute Gasteiger partial charge is 0.161 e. The van der Waals surface area contributed by atoms with Gasteiger partial charge in [0.25, 0.3) is 0 Å². The lowest BCUT2D eigenvalue weighted by molar-refractivity contribution is 1.16. The molecule has 0 saturated carbocycles. The van der Waals surface area contributed by atoms with Crippen molar-refractivity contribution in [1.29, 1.82) is 0 Å². The predicted octanol–water partition coefficient (Wildman–Crippen LogP) is 9.40. The molecule has 0 N–H and O–H groups in total. The van der Waals surface area contributed by atoms with Crippen LogP contribution in [0.4, 0.5) is 0 Å². The first-order valence-corrected chi connectivity index (χ1v) is 13.6. The van der Waals surface area contributed by atoms with Gasteiger partial charge in [-0.15, -0.1) is 0 Å². The van der Waals surface area contributed by atoms with Crippen LogP contribution in [0.25, 0.3) is 78.6 Å². The molecule has 0 atom stereocenters. The molecule has 0 spiro atoms. The maximum Gasteiger partial charge on any atom is 0.161 e. The van der Waals surface area contributed by atoms with Gasteiger partial charge in [0.05, 0.1) is 27.9 Å². The molecule has 0 aliphatic rings. The van der Waals surface area contributed by atoms with Gasteiger partial charge in [0, 0.05) is 39.0 Å². The van der Waals surface area contributed by atoms with Gasteiger partial charge in [-0.05, 0) is 36.3 Å². The average Bonchev–Trinajstić information content (AvgIpc) is 3.04. The third kappa shape index (κ3) is 4.26. The van der Waals surface area contributed by atoms with E-state index in [4.69, 9.17) is 19.9 Å². The quantitative estimate of drug-likeness (QED) is 0.166. The molecule has 3 heterocycles. The number of hydrogen-bond donors (Lipinski definition) is 0. The summed E-state index contributed by atoms with van der Waals surface area (Å²) in [5.41, 5.74) is 9.43. The number of aromatic nitrogens is 4. The molecule has 4 heteroatoms. The van der Waals surface area contributed by atoms with Gasteiger partial charge in [0.15, 0.2) is 5.82 Å². The van der Waals surface area contributed by atoms with E-state index in [0.29, 0.717) is 5.82 Å². The topological polar surface area (TPSA) is 51.6 Å². The molecule has 0 saturated heterocycles. The van der Waals surface area contributed by atoms with E-state index < -0.39 is 0 Å². The van der Waals surface area contributed by atoms with Crippen LogP contribution in [0.15, 0.2) is 122 Å². The van der Waals surface area contributed by atoms with Gasteiger partial charge in [-0.25, -0.2) is 15.0 Å². The molecule has 0 amide bonds.